The highest BCUT2D eigenvalue weighted by atomic mass is 79.9. The molecule has 1 fully saturated rings. The average molecular weight is 640 g/mol. The number of hydrogen-bond donors (Lipinski definition) is 0. The van der Waals surface area contributed by atoms with Crippen molar-refractivity contribution >= 4 is 89.4 Å². The number of rotatable bonds is 7. The molecule has 0 radical (unpaired) electrons. The lowest BCUT2D eigenvalue weighted by atomic mass is 10.1. The van der Waals surface area contributed by atoms with Crippen molar-refractivity contribution in [2.75, 3.05) is 11.5 Å². The van der Waals surface area contributed by atoms with Crippen molar-refractivity contribution in [3.63, 3.8) is 0 Å². The van der Waals surface area contributed by atoms with E-state index in [1.54, 1.807) is 4.90 Å². The smallest absolute Gasteiger partial charge is 0.270 e. The lowest BCUT2D eigenvalue weighted by Crippen LogP contribution is -2.27. The second-order valence-electron chi connectivity index (χ2n) is 7.17. The fourth-order valence-electron chi connectivity index (χ4n) is 3.24. The Morgan fingerprint density at radius 2 is 1.76 bits per heavy atom. The molecule has 1 saturated heterocycles. The normalized spacial score (nSPS) is 14.7. The number of halogens is 3. The van der Waals surface area contributed by atoms with Gasteiger partial charge in [0.2, 0.25) is 0 Å². The number of thioether (sulfide) groups is 1. The maximum absolute atomic E-state index is 13.1. The Balaban J connectivity index is 1.59. The van der Waals surface area contributed by atoms with Crippen LogP contribution in [0.3, 0.4) is 0 Å². The molecule has 9 heteroatoms. The third-order valence-corrected chi connectivity index (χ3v) is 7.48. The molecular weight excluding hydrogens is 622 g/mol. The molecule has 0 N–H and O–H groups in total. The molecule has 0 aliphatic carbocycles. The molecule has 1 aliphatic rings. The highest BCUT2D eigenvalue weighted by Gasteiger charge is 2.33. The first-order chi connectivity index (χ1) is 16.4. The van der Waals surface area contributed by atoms with Gasteiger partial charge in [-0.25, -0.2) is 0 Å². The monoisotopic (exact) mass is 637 g/mol. The molecule has 0 unspecified atom stereocenters. The summed E-state index contributed by atoms with van der Waals surface area (Å²) in [5, 5.41) is 0.676. The molecule has 0 aromatic heterocycles. The van der Waals surface area contributed by atoms with Crippen LogP contribution < -0.4 is 14.4 Å². The van der Waals surface area contributed by atoms with Crippen LogP contribution in [-0.4, -0.2) is 16.8 Å². The van der Waals surface area contributed by atoms with Crippen molar-refractivity contribution in [1.29, 1.82) is 0 Å². The topological polar surface area (TPSA) is 38.8 Å². The Bertz CT molecular complexity index is 1260. The number of carbonyl (C=O) groups is 1. The van der Waals surface area contributed by atoms with Crippen LogP contribution in [0.15, 0.2) is 74.5 Å². The predicted molar refractivity (Wildman–Crippen MR) is 151 cm³/mol. The minimum absolute atomic E-state index is 0.158. The molecular formula is C25H18Br2ClNO3S2. The quantitative estimate of drug-likeness (QED) is 0.192. The summed E-state index contributed by atoms with van der Waals surface area (Å²) >= 11 is 19.7. The second-order valence-corrected chi connectivity index (χ2v) is 11.1. The van der Waals surface area contributed by atoms with Gasteiger partial charge < -0.3 is 9.47 Å². The minimum Gasteiger partial charge on any atom is -0.490 e. The van der Waals surface area contributed by atoms with E-state index in [1.165, 1.54) is 11.8 Å². The number of nitrogens with zero attached hydrogens (tertiary/aromatic N) is 1. The summed E-state index contributed by atoms with van der Waals surface area (Å²) in [5.41, 5.74) is 2.51. The van der Waals surface area contributed by atoms with Gasteiger partial charge in [-0.2, -0.15) is 0 Å². The third kappa shape index (κ3) is 5.86. The summed E-state index contributed by atoms with van der Waals surface area (Å²) in [7, 11) is 0. The number of ether oxygens (including phenoxy) is 2. The summed E-state index contributed by atoms with van der Waals surface area (Å²) in [4.78, 5) is 15.2. The van der Waals surface area contributed by atoms with Crippen molar-refractivity contribution in [3.8, 4) is 11.5 Å². The maximum Gasteiger partial charge on any atom is 0.270 e. The zero-order valence-electron chi connectivity index (χ0n) is 17.9. The summed E-state index contributed by atoms with van der Waals surface area (Å²) in [6, 6.07) is 18.7. The molecule has 174 valence electrons. The zero-order chi connectivity index (χ0) is 24.2. The Morgan fingerprint density at radius 3 is 2.44 bits per heavy atom. The molecule has 3 aromatic rings. The molecule has 34 heavy (non-hydrogen) atoms. The lowest BCUT2D eigenvalue weighted by molar-refractivity contribution is -0.113. The number of thiocarbonyl (C=S) groups is 1. The van der Waals surface area contributed by atoms with Crippen molar-refractivity contribution in [1.82, 2.24) is 0 Å². The van der Waals surface area contributed by atoms with E-state index in [0.29, 0.717) is 39.0 Å². The summed E-state index contributed by atoms with van der Waals surface area (Å²) in [5.74, 6) is 1.02. The number of hydrogen-bond acceptors (Lipinski definition) is 5. The molecule has 0 atom stereocenters. The number of anilines is 1. The SMILES string of the molecule is CCOc1cc(/C=C2/SC(=S)N(c3ccc(Br)cc3)C2=O)cc(Br)c1OCc1ccc(Cl)cc1. The molecule has 4 nitrogen and oxygen atoms in total. The Hall–Kier alpha value is -1.84. The molecule has 4 rings (SSSR count). The Kier molecular flexibility index (Phi) is 8.37. The van der Waals surface area contributed by atoms with E-state index in [4.69, 9.17) is 33.3 Å². The fourth-order valence-corrected chi connectivity index (χ4v) is 5.51. The summed E-state index contributed by atoms with van der Waals surface area (Å²) in [6.45, 7) is 2.74. The lowest BCUT2D eigenvalue weighted by Gasteiger charge is -2.15. The van der Waals surface area contributed by atoms with Gasteiger partial charge in [-0.3, -0.25) is 9.69 Å². The first kappa shape index (κ1) is 25.3. The van der Waals surface area contributed by atoms with Crippen LogP contribution in [0.5, 0.6) is 11.5 Å². The van der Waals surface area contributed by atoms with Crippen LogP contribution in [0.2, 0.25) is 5.02 Å². The van der Waals surface area contributed by atoms with Crippen molar-refractivity contribution < 1.29 is 14.3 Å². The maximum atomic E-state index is 13.1. The van der Waals surface area contributed by atoms with Crippen molar-refractivity contribution in [3.05, 3.63) is 90.7 Å². The first-order valence-electron chi connectivity index (χ1n) is 10.2. The number of benzene rings is 3. The molecule has 1 heterocycles. The highest BCUT2D eigenvalue weighted by molar-refractivity contribution is 9.10. The van der Waals surface area contributed by atoms with Gasteiger partial charge in [0.15, 0.2) is 15.8 Å². The predicted octanol–water partition coefficient (Wildman–Crippen LogP) is 8.25. The fraction of sp³-hybridized carbons (Fsp3) is 0.120. The van der Waals surface area contributed by atoms with Gasteiger partial charge in [-0.05, 0) is 88.6 Å². The molecule has 1 amide bonds. The Labute approximate surface area is 229 Å². The molecule has 0 bridgehead atoms. The van der Waals surface area contributed by atoms with Crippen LogP contribution in [0, 0.1) is 0 Å². The Morgan fingerprint density at radius 1 is 1.06 bits per heavy atom. The number of amides is 1. The van der Waals surface area contributed by atoms with E-state index in [0.717, 1.165) is 25.8 Å². The van der Waals surface area contributed by atoms with E-state index < -0.39 is 0 Å². The van der Waals surface area contributed by atoms with Crippen molar-refractivity contribution in [2.24, 2.45) is 0 Å². The standard InChI is InChI=1S/C25H18Br2ClNO3S2/c1-2-31-21-12-16(11-20(27)23(21)32-14-15-3-7-18(28)8-4-15)13-22-24(30)29(25(33)34-22)19-9-5-17(26)6-10-19/h3-13H,2,14H2,1H3/b22-13+. The van der Waals surface area contributed by atoms with Crippen molar-refractivity contribution in [2.45, 2.75) is 13.5 Å². The molecule has 3 aromatic carbocycles. The van der Waals surface area contributed by atoms with Gasteiger partial charge >= 0.3 is 0 Å². The van der Waals surface area contributed by atoms with E-state index in [1.807, 2.05) is 73.7 Å². The van der Waals surface area contributed by atoms with Crippen LogP contribution in [0.1, 0.15) is 18.1 Å². The third-order valence-electron chi connectivity index (χ3n) is 4.80. The minimum atomic E-state index is -0.158. The average Bonchev–Trinajstić information content (AvgIpc) is 3.08. The largest absolute Gasteiger partial charge is 0.490 e. The molecule has 0 saturated carbocycles. The zero-order valence-corrected chi connectivity index (χ0v) is 23.4. The summed E-state index contributed by atoms with van der Waals surface area (Å²) < 4.78 is 14.0. The van der Waals surface area contributed by atoms with Gasteiger partial charge in [0.1, 0.15) is 6.61 Å². The van der Waals surface area contributed by atoms with E-state index >= 15 is 0 Å². The van der Waals surface area contributed by atoms with Crippen LogP contribution in [0.25, 0.3) is 6.08 Å². The van der Waals surface area contributed by atoms with Gasteiger partial charge in [-0.1, -0.05) is 63.6 Å². The van der Waals surface area contributed by atoms with Crippen LogP contribution in [0.4, 0.5) is 5.69 Å². The van der Waals surface area contributed by atoms with Gasteiger partial charge in [0.25, 0.3) is 5.91 Å². The number of carbonyl (C=O) groups excluding carboxylic acids is 1. The first-order valence-corrected chi connectivity index (χ1v) is 13.4. The second kappa shape index (κ2) is 11.3. The van der Waals surface area contributed by atoms with Crippen LogP contribution >= 0.6 is 67.4 Å². The molecule has 1 aliphatic heterocycles. The van der Waals surface area contributed by atoms with E-state index in [9.17, 15) is 4.79 Å². The van der Waals surface area contributed by atoms with E-state index in [-0.39, 0.29) is 5.91 Å². The van der Waals surface area contributed by atoms with E-state index in [2.05, 4.69) is 31.9 Å². The highest BCUT2D eigenvalue weighted by Crippen LogP contribution is 2.40. The van der Waals surface area contributed by atoms with Gasteiger partial charge in [-0.15, -0.1) is 0 Å². The van der Waals surface area contributed by atoms with Gasteiger partial charge in [0, 0.05) is 9.50 Å². The van der Waals surface area contributed by atoms with Gasteiger partial charge in [0.05, 0.1) is 21.7 Å². The summed E-state index contributed by atoms with van der Waals surface area (Å²) in [6.07, 6.45) is 1.81. The van der Waals surface area contributed by atoms with Crippen LogP contribution in [-0.2, 0) is 11.4 Å². The molecule has 0 spiro atoms.